The summed E-state index contributed by atoms with van der Waals surface area (Å²) in [5, 5.41) is 5.67. The minimum Gasteiger partial charge on any atom is -0.337 e. The van der Waals surface area contributed by atoms with Gasteiger partial charge < -0.3 is 10.6 Å². The number of hydrogen-bond acceptors (Lipinski definition) is 4. The van der Waals surface area contributed by atoms with Crippen molar-refractivity contribution in [3.05, 3.63) is 77.2 Å². The molecule has 0 bridgehead atoms. The number of amides is 1. The molecule has 0 radical (unpaired) electrons. The van der Waals surface area contributed by atoms with Gasteiger partial charge in [-0.1, -0.05) is 23.7 Å². The first-order valence-corrected chi connectivity index (χ1v) is 7.51. The summed E-state index contributed by atoms with van der Waals surface area (Å²) in [5.41, 5.74) is 0.556. The molecule has 2 aromatic carbocycles. The van der Waals surface area contributed by atoms with Gasteiger partial charge in [-0.3, -0.25) is 4.79 Å². The SMILES string of the molecule is O=C(Nc1ccccc1Cl)c1cnc(Nc2ccc(F)cc2F)cn1. The number of carbonyl (C=O) groups is 1. The minimum atomic E-state index is -0.762. The summed E-state index contributed by atoms with van der Waals surface area (Å²) in [7, 11) is 0. The van der Waals surface area contributed by atoms with Crippen molar-refractivity contribution < 1.29 is 13.6 Å². The quantitative estimate of drug-likeness (QED) is 0.723. The second kappa shape index (κ2) is 7.23. The largest absolute Gasteiger partial charge is 0.337 e. The maximum absolute atomic E-state index is 13.6. The summed E-state index contributed by atoms with van der Waals surface area (Å²) < 4.78 is 26.5. The molecule has 0 fully saturated rings. The molecule has 3 rings (SSSR count). The van der Waals surface area contributed by atoms with Crippen molar-refractivity contribution in [1.82, 2.24) is 9.97 Å². The van der Waals surface area contributed by atoms with E-state index in [-0.39, 0.29) is 17.2 Å². The van der Waals surface area contributed by atoms with Gasteiger partial charge in [-0.05, 0) is 24.3 Å². The highest BCUT2D eigenvalue weighted by Crippen LogP contribution is 2.21. The van der Waals surface area contributed by atoms with Gasteiger partial charge in [0.15, 0.2) is 0 Å². The first-order valence-electron chi connectivity index (χ1n) is 7.13. The number of nitrogens with one attached hydrogen (secondary N) is 2. The van der Waals surface area contributed by atoms with E-state index in [1.54, 1.807) is 24.3 Å². The molecule has 0 aliphatic heterocycles. The van der Waals surface area contributed by atoms with Crippen LogP contribution >= 0.6 is 11.6 Å². The van der Waals surface area contributed by atoms with Gasteiger partial charge in [0.1, 0.15) is 23.1 Å². The summed E-state index contributed by atoms with van der Waals surface area (Å²) in [6, 6.07) is 9.88. The predicted octanol–water partition coefficient (Wildman–Crippen LogP) is 4.40. The summed E-state index contributed by atoms with van der Waals surface area (Å²) in [4.78, 5) is 20.1. The third kappa shape index (κ3) is 4.07. The summed E-state index contributed by atoms with van der Waals surface area (Å²) in [6.45, 7) is 0. The van der Waals surface area contributed by atoms with Crippen LogP contribution in [0.3, 0.4) is 0 Å². The van der Waals surface area contributed by atoms with Crippen LogP contribution in [0.2, 0.25) is 5.02 Å². The van der Waals surface area contributed by atoms with Gasteiger partial charge in [0.05, 0.1) is 28.8 Å². The van der Waals surface area contributed by atoms with Gasteiger partial charge in [0, 0.05) is 6.07 Å². The fourth-order valence-corrected chi connectivity index (χ4v) is 2.17. The molecule has 2 N–H and O–H groups in total. The smallest absolute Gasteiger partial charge is 0.275 e. The molecule has 0 saturated heterocycles. The van der Waals surface area contributed by atoms with E-state index in [4.69, 9.17) is 11.6 Å². The molecule has 0 aliphatic rings. The number of carbonyl (C=O) groups excluding carboxylic acids is 1. The van der Waals surface area contributed by atoms with Crippen LogP contribution in [0.5, 0.6) is 0 Å². The van der Waals surface area contributed by atoms with E-state index in [0.29, 0.717) is 10.7 Å². The van der Waals surface area contributed by atoms with Crippen molar-refractivity contribution >= 4 is 34.7 Å². The summed E-state index contributed by atoms with van der Waals surface area (Å²) in [6.07, 6.45) is 2.50. The molecular weight excluding hydrogens is 350 g/mol. The van der Waals surface area contributed by atoms with Gasteiger partial charge >= 0.3 is 0 Å². The Morgan fingerprint density at radius 2 is 1.80 bits per heavy atom. The topological polar surface area (TPSA) is 66.9 Å². The number of aromatic nitrogens is 2. The standard InChI is InChI=1S/C17H11ClF2N4O/c18-11-3-1-2-4-13(11)24-17(25)15-8-22-16(9-21-15)23-14-6-5-10(19)7-12(14)20/h1-9H,(H,22,23)(H,24,25). The van der Waals surface area contributed by atoms with E-state index >= 15 is 0 Å². The number of para-hydroxylation sites is 1. The highest BCUT2D eigenvalue weighted by Gasteiger charge is 2.11. The van der Waals surface area contributed by atoms with Gasteiger partial charge in [0.2, 0.25) is 0 Å². The molecular formula is C17H11ClF2N4O. The van der Waals surface area contributed by atoms with Crippen LogP contribution in [-0.2, 0) is 0 Å². The average Bonchev–Trinajstić information content (AvgIpc) is 2.60. The number of anilines is 3. The molecule has 0 atom stereocenters. The van der Waals surface area contributed by atoms with Crippen LogP contribution in [0.1, 0.15) is 10.5 Å². The normalized spacial score (nSPS) is 10.4. The molecule has 0 unspecified atom stereocenters. The fourth-order valence-electron chi connectivity index (χ4n) is 1.99. The van der Waals surface area contributed by atoms with E-state index in [1.807, 2.05) is 0 Å². The lowest BCUT2D eigenvalue weighted by molar-refractivity contribution is 0.102. The number of halogens is 3. The monoisotopic (exact) mass is 360 g/mol. The maximum atomic E-state index is 13.6. The molecule has 25 heavy (non-hydrogen) atoms. The second-order valence-electron chi connectivity index (χ2n) is 4.97. The fraction of sp³-hybridized carbons (Fsp3) is 0. The van der Waals surface area contributed by atoms with E-state index in [9.17, 15) is 13.6 Å². The Balaban J connectivity index is 1.71. The van der Waals surface area contributed by atoms with Crippen molar-refractivity contribution in [2.75, 3.05) is 10.6 Å². The third-order valence-electron chi connectivity index (χ3n) is 3.20. The Hall–Kier alpha value is -3.06. The maximum Gasteiger partial charge on any atom is 0.275 e. The zero-order valence-corrected chi connectivity index (χ0v) is 13.4. The van der Waals surface area contributed by atoms with Crippen molar-refractivity contribution in [2.45, 2.75) is 0 Å². The highest BCUT2D eigenvalue weighted by molar-refractivity contribution is 6.33. The number of benzene rings is 2. The van der Waals surface area contributed by atoms with Crippen LogP contribution in [0, 0.1) is 11.6 Å². The molecule has 1 heterocycles. The predicted molar refractivity (Wildman–Crippen MR) is 91.1 cm³/mol. The number of rotatable bonds is 4. The lowest BCUT2D eigenvalue weighted by Gasteiger charge is -2.08. The van der Waals surface area contributed by atoms with Crippen molar-refractivity contribution in [3.63, 3.8) is 0 Å². The molecule has 0 saturated carbocycles. The van der Waals surface area contributed by atoms with Gasteiger partial charge in [-0.25, -0.2) is 18.7 Å². The Morgan fingerprint density at radius 3 is 2.48 bits per heavy atom. The van der Waals surface area contributed by atoms with Crippen LogP contribution in [-0.4, -0.2) is 15.9 Å². The summed E-state index contributed by atoms with van der Waals surface area (Å²) in [5.74, 6) is -1.72. The van der Waals surface area contributed by atoms with Gasteiger partial charge in [0.25, 0.3) is 5.91 Å². The van der Waals surface area contributed by atoms with Gasteiger partial charge in [-0.15, -0.1) is 0 Å². The summed E-state index contributed by atoms with van der Waals surface area (Å²) >= 11 is 5.97. The average molecular weight is 361 g/mol. The number of nitrogens with zero attached hydrogens (tertiary/aromatic N) is 2. The zero-order valence-electron chi connectivity index (χ0n) is 12.6. The van der Waals surface area contributed by atoms with Crippen LogP contribution in [0.25, 0.3) is 0 Å². The molecule has 3 aromatic rings. The molecule has 0 aliphatic carbocycles. The molecule has 5 nitrogen and oxygen atoms in total. The molecule has 0 spiro atoms. The highest BCUT2D eigenvalue weighted by atomic mass is 35.5. The lowest BCUT2D eigenvalue weighted by atomic mass is 10.3. The third-order valence-corrected chi connectivity index (χ3v) is 3.53. The van der Waals surface area contributed by atoms with Crippen molar-refractivity contribution in [2.24, 2.45) is 0 Å². The molecule has 8 heteroatoms. The van der Waals surface area contributed by atoms with Crippen LogP contribution < -0.4 is 10.6 Å². The Bertz CT molecular complexity index is 919. The first kappa shape index (κ1) is 16.8. The number of hydrogen-bond donors (Lipinski definition) is 2. The Labute approximate surface area is 146 Å². The minimum absolute atomic E-state index is 0.0453. The van der Waals surface area contributed by atoms with E-state index in [2.05, 4.69) is 20.6 Å². The van der Waals surface area contributed by atoms with E-state index < -0.39 is 17.5 Å². The molecule has 1 amide bonds. The molecule has 126 valence electrons. The Kier molecular flexibility index (Phi) is 4.85. The van der Waals surface area contributed by atoms with Crippen molar-refractivity contribution in [3.8, 4) is 0 Å². The second-order valence-corrected chi connectivity index (χ2v) is 5.38. The zero-order chi connectivity index (χ0) is 17.8. The Morgan fingerprint density at radius 1 is 1.00 bits per heavy atom. The molecule has 1 aromatic heterocycles. The van der Waals surface area contributed by atoms with E-state index in [1.165, 1.54) is 18.5 Å². The van der Waals surface area contributed by atoms with Gasteiger partial charge in [-0.2, -0.15) is 0 Å². The van der Waals surface area contributed by atoms with Crippen molar-refractivity contribution in [1.29, 1.82) is 0 Å². The van der Waals surface area contributed by atoms with Crippen LogP contribution in [0.4, 0.5) is 26.0 Å². The van der Waals surface area contributed by atoms with E-state index in [0.717, 1.165) is 12.1 Å². The lowest BCUT2D eigenvalue weighted by Crippen LogP contribution is -2.14. The van der Waals surface area contributed by atoms with Crippen LogP contribution in [0.15, 0.2) is 54.9 Å². The first-order chi connectivity index (χ1) is 12.0.